The molecule has 0 spiro atoms. The Kier molecular flexibility index (Phi) is 14.6. The first kappa shape index (κ1) is 36.2. The van der Waals surface area contributed by atoms with Crippen molar-refractivity contribution in [2.75, 3.05) is 42.5 Å². The number of carbonyl (C=O) groups is 1. The van der Waals surface area contributed by atoms with E-state index in [-0.39, 0.29) is 43.5 Å². The highest BCUT2D eigenvalue weighted by Crippen LogP contribution is 2.25. The molecule has 3 N–H and O–H groups in total. The number of amides is 2. The van der Waals surface area contributed by atoms with Crippen molar-refractivity contribution in [1.82, 2.24) is 19.6 Å². The molecule has 0 aliphatic carbocycles. The van der Waals surface area contributed by atoms with Gasteiger partial charge in [0, 0.05) is 44.1 Å². The SMILES string of the molecule is CCCCN(C(=O)Nc1cnn(CCO)c1)C1CCN(Cc2ccc(Oc3ccc(NS(C)(=O)=O)cc3)cc2)CC1.Cl.Cl. The molecule has 2 aromatic carbocycles. The third kappa shape index (κ3) is 11.5. The highest BCUT2D eigenvalue weighted by molar-refractivity contribution is 7.92. The standard InChI is InChI=1S/C29H40N6O5S.2ClH/c1-3-4-15-35(29(37)31-25-20-30-34(22-25)18-19-36)26-13-16-33(17-14-26)21-23-5-9-27(10-6-23)40-28-11-7-24(8-12-28)32-41(2,38)39;;/h5-12,20,22,26,32,36H,3-4,13-19,21H2,1-2H3,(H,31,37);2*1H. The van der Waals surface area contributed by atoms with E-state index < -0.39 is 10.0 Å². The number of likely N-dealkylation sites (tertiary alicyclic amines) is 1. The number of hydrogen-bond acceptors (Lipinski definition) is 7. The maximum Gasteiger partial charge on any atom is 0.322 e. The third-order valence-corrected chi connectivity index (χ3v) is 7.55. The maximum atomic E-state index is 13.2. The number of rotatable bonds is 13. The van der Waals surface area contributed by atoms with Crippen LogP contribution in [0.15, 0.2) is 60.9 Å². The van der Waals surface area contributed by atoms with Crippen molar-refractivity contribution in [3.8, 4) is 11.5 Å². The number of nitrogens with zero attached hydrogens (tertiary/aromatic N) is 4. The molecular formula is C29H42Cl2N6O5S. The first-order valence-electron chi connectivity index (χ1n) is 14.0. The summed E-state index contributed by atoms with van der Waals surface area (Å²) in [5.41, 5.74) is 2.30. The van der Waals surface area contributed by atoms with Crippen LogP contribution in [0.25, 0.3) is 0 Å². The van der Waals surface area contributed by atoms with E-state index >= 15 is 0 Å². The number of aromatic nitrogens is 2. The summed E-state index contributed by atoms with van der Waals surface area (Å²) in [7, 11) is -3.32. The van der Waals surface area contributed by atoms with E-state index in [2.05, 4.69) is 39.1 Å². The average molecular weight is 658 g/mol. The van der Waals surface area contributed by atoms with Gasteiger partial charge in [-0.2, -0.15) is 5.10 Å². The van der Waals surface area contributed by atoms with Crippen LogP contribution in [0.2, 0.25) is 0 Å². The van der Waals surface area contributed by atoms with Crippen LogP contribution in [-0.2, 0) is 23.1 Å². The summed E-state index contributed by atoms with van der Waals surface area (Å²) in [6, 6.07) is 14.8. The van der Waals surface area contributed by atoms with Crippen molar-refractivity contribution in [1.29, 1.82) is 0 Å². The Morgan fingerprint density at radius 2 is 1.67 bits per heavy atom. The van der Waals surface area contributed by atoms with Crippen LogP contribution >= 0.6 is 24.8 Å². The monoisotopic (exact) mass is 656 g/mol. The van der Waals surface area contributed by atoms with Crippen LogP contribution in [-0.4, -0.2) is 77.7 Å². The number of benzene rings is 2. The second kappa shape index (κ2) is 17.3. The molecule has 0 radical (unpaired) electrons. The van der Waals surface area contributed by atoms with Crippen molar-refractivity contribution in [3.63, 3.8) is 0 Å². The van der Waals surface area contributed by atoms with Crippen molar-refractivity contribution >= 4 is 52.2 Å². The van der Waals surface area contributed by atoms with Gasteiger partial charge >= 0.3 is 6.03 Å². The smallest absolute Gasteiger partial charge is 0.322 e. The minimum absolute atomic E-state index is 0. The van der Waals surface area contributed by atoms with E-state index in [1.807, 2.05) is 17.0 Å². The summed E-state index contributed by atoms with van der Waals surface area (Å²) in [6.45, 7) is 5.87. The lowest BCUT2D eigenvalue weighted by Gasteiger charge is -2.38. The lowest BCUT2D eigenvalue weighted by molar-refractivity contribution is 0.122. The van der Waals surface area contributed by atoms with Crippen LogP contribution in [0.1, 0.15) is 38.2 Å². The molecule has 0 bridgehead atoms. The van der Waals surface area contributed by atoms with Gasteiger partial charge in [0.15, 0.2) is 0 Å². The van der Waals surface area contributed by atoms with Gasteiger partial charge in [0.05, 0.1) is 31.3 Å². The first-order chi connectivity index (χ1) is 19.7. The molecule has 11 nitrogen and oxygen atoms in total. The van der Waals surface area contributed by atoms with Gasteiger partial charge in [0.1, 0.15) is 11.5 Å². The van der Waals surface area contributed by atoms with Crippen molar-refractivity contribution < 1.29 is 23.1 Å². The van der Waals surface area contributed by atoms with Gasteiger partial charge in [-0.05, 0) is 61.2 Å². The zero-order valence-electron chi connectivity index (χ0n) is 24.5. The number of carbonyl (C=O) groups excluding carboxylic acids is 1. The summed E-state index contributed by atoms with van der Waals surface area (Å²) in [4.78, 5) is 17.6. The molecule has 238 valence electrons. The zero-order chi connectivity index (χ0) is 29.2. The number of sulfonamides is 1. The lowest BCUT2D eigenvalue weighted by atomic mass is 10.0. The number of halogens is 2. The average Bonchev–Trinajstić information content (AvgIpc) is 3.38. The normalized spacial score (nSPS) is 13.8. The van der Waals surface area contributed by atoms with Crippen LogP contribution in [0.4, 0.5) is 16.2 Å². The van der Waals surface area contributed by atoms with Crippen LogP contribution in [0.3, 0.4) is 0 Å². The first-order valence-corrected chi connectivity index (χ1v) is 15.9. The Hall–Kier alpha value is -3.03. The Balaban J connectivity index is 0.00000323. The second-order valence-corrected chi connectivity index (χ2v) is 12.1. The molecule has 43 heavy (non-hydrogen) atoms. The molecule has 1 aromatic heterocycles. The molecular weight excluding hydrogens is 615 g/mol. The van der Waals surface area contributed by atoms with E-state index in [4.69, 9.17) is 9.84 Å². The van der Waals surface area contributed by atoms with E-state index in [0.29, 0.717) is 29.4 Å². The predicted octanol–water partition coefficient (Wildman–Crippen LogP) is 5.18. The molecule has 1 aliphatic heterocycles. The molecule has 0 unspecified atom stereocenters. The number of hydrogen-bond donors (Lipinski definition) is 3. The zero-order valence-corrected chi connectivity index (χ0v) is 27.0. The van der Waals surface area contributed by atoms with E-state index in [9.17, 15) is 13.2 Å². The Labute approximate surface area is 266 Å². The minimum Gasteiger partial charge on any atom is -0.457 e. The summed E-state index contributed by atoms with van der Waals surface area (Å²) >= 11 is 0. The molecule has 4 rings (SSSR count). The Morgan fingerprint density at radius 1 is 1.05 bits per heavy atom. The molecule has 14 heteroatoms. The summed E-state index contributed by atoms with van der Waals surface area (Å²) in [5, 5.41) is 16.3. The number of urea groups is 1. The number of nitrogens with one attached hydrogen (secondary N) is 2. The molecule has 2 amide bonds. The predicted molar refractivity (Wildman–Crippen MR) is 174 cm³/mol. The van der Waals surface area contributed by atoms with Crippen molar-refractivity contribution in [2.45, 2.75) is 51.7 Å². The quantitative estimate of drug-likeness (QED) is 0.231. The molecule has 0 atom stereocenters. The van der Waals surface area contributed by atoms with E-state index in [1.54, 1.807) is 41.3 Å². The number of anilines is 2. The molecule has 3 aromatic rings. The largest absolute Gasteiger partial charge is 0.457 e. The number of ether oxygens (including phenoxy) is 1. The second-order valence-electron chi connectivity index (χ2n) is 10.3. The number of unbranched alkanes of at least 4 members (excludes halogenated alkanes) is 1. The molecule has 0 saturated carbocycles. The fourth-order valence-corrected chi connectivity index (χ4v) is 5.44. The summed E-state index contributed by atoms with van der Waals surface area (Å²) in [5.74, 6) is 1.32. The molecule has 1 fully saturated rings. The Morgan fingerprint density at radius 3 is 2.26 bits per heavy atom. The van der Waals surface area contributed by atoms with E-state index in [0.717, 1.165) is 58.1 Å². The van der Waals surface area contributed by atoms with Gasteiger partial charge in [0.2, 0.25) is 10.0 Å². The van der Waals surface area contributed by atoms with Crippen LogP contribution in [0.5, 0.6) is 11.5 Å². The topological polar surface area (TPSA) is 129 Å². The highest BCUT2D eigenvalue weighted by Gasteiger charge is 2.28. The van der Waals surface area contributed by atoms with Gasteiger partial charge in [-0.1, -0.05) is 25.5 Å². The van der Waals surface area contributed by atoms with Gasteiger partial charge in [-0.3, -0.25) is 14.3 Å². The maximum absolute atomic E-state index is 13.2. The minimum atomic E-state index is -3.32. The van der Waals surface area contributed by atoms with Crippen molar-refractivity contribution in [2.24, 2.45) is 0 Å². The van der Waals surface area contributed by atoms with Gasteiger partial charge in [0.25, 0.3) is 0 Å². The summed E-state index contributed by atoms with van der Waals surface area (Å²) in [6.07, 6.45) is 8.25. The highest BCUT2D eigenvalue weighted by atomic mass is 35.5. The van der Waals surface area contributed by atoms with E-state index in [1.165, 1.54) is 5.56 Å². The fraction of sp³-hybridized carbons (Fsp3) is 0.448. The Bertz CT molecular complexity index is 1360. The van der Waals surface area contributed by atoms with Crippen molar-refractivity contribution in [3.05, 3.63) is 66.5 Å². The van der Waals surface area contributed by atoms with Gasteiger partial charge in [-0.15, -0.1) is 24.8 Å². The summed E-state index contributed by atoms with van der Waals surface area (Å²) < 4.78 is 32.7. The number of aliphatic hydroxyl groups excluding tert-OH is 1. The van der Waals surface area contributed by atoms with Crippen LogP contribution < -0.4 is 14.8 Å². The third-order valence-electron chi connectivity index (χ3n) is 6.95. The molecule has 1 aliphatic rings. The molecule has 2 heterocycles. The van der Waals surface area contributed by atoms with Crippen LogP contribution in [0, 0.1) is 0 Å². The van der Waals surface area contributed by atoms with Gasteiger partial charge in [-0.25, -0.2) is 13.2 Å². The van der Waals surface area contributed by atoms with Gasteiger partial charge < -0.3 is 20.1 Å². The number of piperidine rings is 1. The molecule has 1 saturated heterocycles. The lowest BCUT2D eigenvalue weighted by Crippen LogP contribution is -2.49. The fourth-order valence-electron chi connectivity index (χ4n) is 4.88. The number of aliphatic hydroxyl groups is 1.